The summed E-state index contributed by atoms with van der Waals surface area (Å²) in [5.74, 6) is -1.34. The largest absolute Gasteiger partial charge is 0.467 e. The van der Waals surface area contributed by atoms with Gasteiger partial charge >= 0.3 is 12.1 Å². The first-order valence-electron chi connectivity index (χ1n) is 9.99. The van der Waals surface area contributed by atoms with Crippen LogP contribution in [0.4, 0.5) is 4.79 Å². The molecule has 11 heteroatoms. The zero-order valence-corrected chi connectivity index (χ0v) is 20.9. The first-order valence-corrected chi connectivity index (χ1v) is 11.4. The van der Waals surface area contributed by atoms with Crippen molar-refractivity contribution in [1.29, 1.82) is 0 Å². The van der Waals surface area contributed by atoms with Gasteiger partial charge in [-0.05, 0) is 40.0 Å². The Morgan fingerprint density at radius 2 is 1.63 bits per heavy atom. The van der Waals surface area contributed by atoms with Crippen LogP contribution in [0.1, 0.15) is 53.9 Å². The Hall–Kier alpha value is -1.54. The van der Waals surface area contributed by atoms with Gasteiger partial charge in [-0.25, -0.2) is 9.59 Å². The molecular formula is C19H38N3O6PS. The monoisotopic (exact) mass is 467 g/mol. The standard InChI is InChI=1S/C17H32N3O6PS.C2H6/c1-17(2,3)26-16(24)18-8-6-5-7-11(19-13(21)9-27)14(22)20-12(10-28)15(23)25-4;1-2/h11-12,28H,5-10,27H2,1-4H3,(H,18,24)(H,19,21)(H,20,22);1-2H3. The van der Waals surface area contributed by atoms with Gasteiger partial charge in [0.1, 0.15) is 17.7 Å². The van der Waals surface area contributed by atoms with E-state index in [1.165, 1.54) is 7.11 Å². The minimum absolute atomic E-state index is 0.0719. The van der Waals surface area contributed by atoms with Crippen LogP contribution < -0.4 is 16.0 Å². The number of unbranched alkanes of at least 4 members (excludes halogenated alkanes) is 1. The summed E-state index contributed by atoms with van der Waals surface area (Å²) in [6.07, 6.45) is 1.14. The van der Waals surface area contributed by atoms with E-state index in [2.05, 4.69) is 42.6 Å². The van der Waals surface area contributed by atoms with Crippen LogP contribution in [0, 0.1) is 0 Å². The highest BCUT2D eigenvalue weighted by atomic mass is 32.1. The van der Waals surface area contributed by atoms with Crippen molar-refractivity contribution in [3.05, 3.63) is 0 Å². The van der Waals surface area contributed by atoms with Crippen molar-refractivity contribution in [2.45, 2.75) is 71.6 Å². The van der Waals surface area contributed by atoms with Gasteiger partial charge in [0.05, 0.1) is 7.11 Å². The smallest absolute Gasteiger partial charge is 0.407 e. The number of amides is 3. The van der Waals surface area contributed by atoms with Crippen LogP contribution in [0.15, 0.2) is 0 Å². The molecule has 0 spiro atoms. The molecule has 0 aromatic carbocycles. The molecule has 0 saturated carbocycles. The number of carbonyl (C=O) groups is 4. The van der Waals surface area contributed by atoms with Crippen molar-refractivity contribution in [2.24, 2.45) is 0 Å². The third-order valence-electron chi connectivity index (χ3n) is 3.41. The highest BCUT2D eigenvalue weighted by molar-refractivity contribution is 7.80. The zero-order chi connectivity index (χ0) is 23.7. The first kappa shape index (κ1) is 30.7. The second-order valence-corrected chi connectivity index (χ2v) is 7.79. The number of esters is 1. The van der Waals surface area contributed by atoms with E-state index in [0.29, 0.717) is 25.8 Å². The van der Waals surface area contributed by atoms with Gasteiger partial charge in [-0.3, -0.25) is 9.59 Å². The number of hydrogen-bond donors (Lipinski definition) is 4. The van der Waals surface area contributed by atoms with Crippen LogP contribution in [0.2, 0.25) is 0 Å². The Morgan fingerprint density at radius 1 is 1.03 bits per heavy atom. The van der Waals surface area contributed by atoms with Crippen molar-refractivity contribution >= 4 is 45.7 Å². The van der Waals surface area contributed by atoms with E-state index in [-0.39, 0.29) is 17.8 Å². The molecule has 0 aromatic heterocycles. The highest BCUT2D eigenvalue weighted by Crippen LogP contribution is 2.07. The molecule has 0 aliphatic heterocycles. The number of thiol groups is 1. The minimum Gasteiger partial charge on any atom is -0.467 e. The van der Waals surface area contributed by atoms with Gasteiger partial charge in [-0.15, -0.1) is 9.24 Å². The number of nitrogens with one attached hydrogen (secondary N) is 3. The summed E-state index contributed by atoms with van der Waals surface area (Å²) in [4.78, 5) is 47.3. The summed E-state index contributed by atoms with van der Waals surface area (Å²) in [5.41, 5.74) is -0.571. The molecule has 0 heterocycles. The van der Waals surface area contributed by atoms with Crippen LogP contribution in [0.25, 0.3) is 0 Å². The molecule has 0 fully saturated rings. The SMILES string of the molecule is CC.COC(=O)C(CS)NC(=O)C(CCCCNC(=O)OC(C)(C)C)NC(=O)CP. The minimum atomic E-state index is -0.898. The van der Waals surface area contributed by atoms with Crippen molar-refractivity contribution in [2.75, 3.05) is 25.6 Å². The Bertz CT molecular complexity index is 543. The third-order valence-corrected chi connectivity index (χ3v) is 4.15. The molecule has 176 valence electrons. The van der Waals surface area contributed by atoms with Crippen LogP contribution in [-0.2, 0) is 23.9 Å². The van der Waals surface area contributed by atoms with Gasteiger partial charge in [-0.2, -0.15) is 12.6 Å². The first-order chi connectivity index (χ1) is 14.0. The molecule has 0 bridgehead atoms. The van der Waals surface area contributed by atoms with Crippen molar-refractivity contribution < 1.29 is 28.7 Å². The van der Waals surface area contributed by atoms with Gasteiger partial charge < -0.3 is 25.4 Å². The van der Waals surface area contributed by atoms with Gasteiger partial charge in [0.25, 0.3) is 0 Å². The van der Waals surface area contributed by atoms with Crippen LogP contribution in [0.3, 0.4) is 0 Å². The number of rotatable bonds is 11. The lowest BCUT2D eigenvalue weighted by atomic mass is 10.1. The molecular weight excluding hydrogens is 429 g/mol. The summed E-state index contributed by atoms with van der Waals surface area (Å²) in [5, 5.41) is 7.79. The molecule has 9 nitrogen and oxygen atoms in total. The molecule has 30 heavy (non-hydrogen) atoms. The molecule has 0 rings (SSSR count). The zero-order valence-electron chi connectivity index (χ0n) is 18.9. The number of ether oxygens (including phenoxy) is 2. The fraction of sp³-hybridized carbons (Fsp3) is 0.789. The number of hydrogen-bond acceptors (Lipinski definition) is 7. The van der Waals surface area contributed by atoms with E-state index >= 15 is 0 Å². The maximum atomic E-state index is 12.4. The molecule has 0 radical (unpaired) electrons. The Labute approximate surface area is 187 Å². The van der Waals surface area contributed by atoms with Crippen molar-refractivity contribution in [1.82, 2.24) is 16.0 Å². The van der Waals surface area contributed by atoms with E-state index in [9.17, 15) is 19.2 Å². The maximum Gasteiger partial charge on any atom is 0.407 e. The summed E-state index contributed by atoms with van der Waals surface area (Å²) in [7, 11) is 3.50. The predicted molar refractivity (Wildman–Crippen MR) is 124 cm³/mol. The van der Waals surface area contributed by atoms with Gasteiger partial charge in [-0.1, -0.05) is 13.8 Å². The van der Waals surface area contributed by atoms with Gasteiger partial charge in [0.15, 0.2) is 0 Å². The van der Waals surface area contributed by atoms with Crippen LogP contribution >= 0.6 is 21.9 Å². The molecule has 0 aliphatic carbocycles. The van der Waals surface area contributed by atoms with E-state index in [1.54, 1.807) is 20.8 Å². The number of carbonyl (C=O) groups excluding carboxylic acids is 4. The summed E-state index contributed by atoms with van der Waals surface area (Å²) < 4.78 is 9.75. The lowest BCUT2D eigenvalue weighted by molar-refractivity contribution is -0.144. The number of alkyl carbamates (subject to hydrolysis) is 1. The Morgan fingerprint density at radius 3 is 2.10 bits per heavy atom. The molecule has 3 N–H and O–H groups in total. The van der Waals surface area contributed by atoms with E-state index < -0.39 is 35.7 Å². The van der Waals surface area contributed by atoms with Gasteiger partial charge in [0.2, 0.25) is 11.8 Å². The quantitative estimate of drug-likeness (QED) is 0.159. The topological polar surface area (TPSA) is 123 Å². The number of methoxy groups -OCH3 is 1. The normalized spacial score (nSPS) is 12.4. The lowest BCUT2D eigenvalue weighted by Crippen LogP contribution is -2.52. The summed E-state index contributed by atoms with van der Waals surface area (Å²) >= 11 is 4.03. The average molecular weight is 468 g/mol. The fourth-order valence-electron chi connectivity index (χ4n) is 2.09. The predicted octanol–water partition coefficient (Wildman–Crippen LogP) is 1.66. The van der Waals surface area contributed by atoms with E-state index in [1.807, 2.05) is 13.8 Å². The second-order valence-electron chi connectivity index (χ2n) is 7.02. The summed E-state index contributed by atoms with van der Waals surface area (Å²) in [6.45, 7) is 9.70. The van der Waals surface area contributed by atoms with Crippen LogP contribution in [0.5, 0.6) is 0 Å². The van der Waals surface area contributed by atoms with E-state index in [0.717, 1.165) is 0 Å². The van der Waals surface area contributed by atoms with E-state index in [4.69, 9.17) is 4.74 Å². The van der Waals surface area contributed by atoms with Crippen molar-refractivity contribution in [3.63, 3.8) is 0 Å². The molecule has 3 atom stereocenters. The Kier molecular flexibility index (Phi) is 17.5. The third kappa shape index (κ3) is 15.3. The van der Waals surface area contributed by atoms with Crippen LogP contribution in [-0.4, -0.2) is 67.1 Å². The maximum absolute atomic E-state index is 12.4. The average Bonchev–Trinajstić information content (AvgIpc) is 2.69. The fourth-order valence-corrected chi connectivity index (χ4v) is 2.45. The highest BCUT2D eigenvalue weighted by Gasteiger charge is 2.26. The second kappa shape index (κ2) is 17.2. The lowest BCUT2D eigenvalue weighted by Gasteiger charge is -2.21. The molecule has 0 saturated heterocycles. The molecule has 3 unspecified atom stereocenters. The van der Waals surface area contributed by atoms with Crippen molar-refractivity contribution in [3.8, 4) is 0 Å². The van der Waals surface area contributed by atoms with Gasteiger partial charge in [0, 0.05) is 18.5 Å². The molecule has 0 aliphatic rings. The molecule has 3 amide bonds. The Balaban J connectivity index is 0. The summed E-state index contributed by atoms with van der Waals surface area (Å²) in [6, 6.07) is -1.70. The molecule has 0 aromatic rings.